The molecule has 0 saturated heterocycles. The summed E-state index contributed by atoms with van der Waals surface area (Å²) in [5.74, 6) is 3.51. The Hall–Kier alpha value is -0.300. The zero-order valence-electron chi connectivity index (χ0n) is 14.7. The van der Waals surface area contributed by atoms with E-state index in [0.717, 1.165) is 30.1 Å². The van der Waals surface area contributed by atoms with E-state index in [0.29, 0.717) is 11.3 Å². The number of aliphatic hydroxyl groups is 1. The number of fused-ring (bicyclic) bond motifs is 2. The number of hydrogen-bond acceptors (Lipinski definition) is 1. The molecule has 2 fully saturated rings. The van der Waals surface area contributed by atoms with Crippen LogP contribution in [-0.4, -0.2) is 10.7 Å². The molecule has 0 radical (unpaired) electrons. The molecule has 2 saturated carbocycles. The van der Waals surface area contributed by atoms with Crippen LogP contribution < -0.4 is 0 Å². The lowest BCUT2D eigenvalue weighted by molar-refractivity contribution is -0.0293. The molecule has 3 rings (SSSR count). The van der Waals surface area contributed by atoms with Crippen molar-refractivity contribution in [1.82, 2.24) is 0 Å². The van der Waals surface area contributed by atoms with E-state index in [1.165, 1.54) is 32.1 Å². The Morgan fingerprint density at radius 1 is 1.19 bits per heavy atom. The van der Waals surface area contributed by atoms with Crippen LogP contribution in [0.1, 0.15) is 73.1 Å². The molecule has 1 heteroatoms. The smallest absolute Gasteiger partial charge is 0.0684 e. The summed E-state index contributed by atoms with van der Waals surface area (Å²) < 4.78 is 0. The Morgan fingerprint density at radius 3 is 2.57 bits per heavy atom. The predicted octanol–water partition coefficient (Wildman–Crippen LogP) is 5.19. The second-order valence-electron chi connectivity index (χ2n) is 9.20. The summed E-state index contributed by atoms with van der Waals surface area (Å²) in [5, 5.41) is 11.1. The lowest BCUT2D eigenvalue weighted by atomic mass is 9.64. The molecule has 21 heavy (non-hydrogen) atoms. The molecule has 0 heterocycles. The molecule has 6 atom stereocenters. The van der Waals surface area contributed by atoms with Crippen LogP contribution in [-0.2, 0) is 0 Å². The first-order valence-electron chi connectivity index (χ1n) is 9.17. The minimum atomic E-state index is -0.492. The van der Waals surface area contributed by atoms with Crippen LogP contribution in [0.15, 0.2) is 11.6 Å². The molecule has 0 aliphatic heterocycles. The SMILES string of the molecule is CC(C)[C@H]1CC[C@]2(C)C[C@@H]3[C@H](C)CC[C@H]3[C@@](C)(O)CC=C12. The second kappa shape index (κ2) is 5.11. The van der Waals surface area contributed by atoms with Crippen molar-refractivity contribution in [3.05, 3.63) is 11.6 Å². The van der Waals surface area contributed by atoms with E-state index in [1.54, 1.807) is 5.57 Å². The van der Waals surface area contributed by atoms with Gasteiger partial charge in [0.1, 0.15) is 0 Å². The summed E-state index contributed by atoms with van der Waals surface area (Å²) in [6.07, 6.45) is 9.89. The molecule has 1 N–H and O–H groups in total. The molecule has 3 aliphatic carbocycles. The third-order valence-corrected chi connectivity index (χ3v) is 7.31. The highest BCUT2D eigenvalue weighted by Crippen LogP contribution is 2.58. The van der Waals surface area contributed by atoms with Gasteiger partial charge in [-0.15, -0.1) is 0 Å². The number of allylic oxidation sites excluding steroid dienone is 1. The quantitative estimate of drug-likeness (QED) is 0.659. The van der Waals surface area contributed by atoms with Crippen LogP contribution in [0.25, 0.3) is 0 Å². The molecule has 120 valence electrons. The van der Waals surface area contributed by atoms with Gasteiger partial charge in [0, 0.05) is 0 Å². The van der Waals surface area contributed by atoms with Gasteiger partial charge in [-0.3, -0.25) is 0 Å². The van der Waals surface area contributed by atoms with Gasteiger partial charge < -0.3 is 5.11 Å². The molecule has 0 amide bonds. The van der Waals surface area contributed by atoms with Crippen molar-refractivity contribution in [3.63, 3.8) is 0 Å². The van der Waals surface area contributed by atoms with Gasteiger partial charge >= 0.3 is 0 Å². The summed E-state index contributed by atoms with van der Waals surface area (Å²) in [6.45, 7) is 11.8. The minimum absolute atomic E-state index is 0.410. The van der Waals surface area contributed by atoms with Gasteiger partial charge in [-0.25, -0.2) is 0 Å². The summed E-state index contributed by atoms with van der Waals surface area (Å²) >= 11 is 0. The first kappa shape index (κ1) is 15.6. The number of hydrogen-bond donors (Lipinski definition) is 1. The van der Waals surface area contributed by atoms with Crippen molar-refractivity contribution < 1.29 is 5.11 Å². The third-order valence-electron chi connectivity index (χ3n) is 7.31. The van der Waals surface area contributed by atoms with Gasteiger partial charge in [-0.1, -0.05) is 45.8 Å². The predicted molar refractivity (Wildman–Crippen MR) is 89.0 cm³/mol. The molecule has 0 aromatic heterocycles. The van der Waals surface area contributed by atoms with Crippen LogP contribution in [0.2, 0.25) is 0 Å². The Kier molecular flexibility index (Phi) is 3.80. The first-order valence-corrected chi connectivity index (χ1v) is 9.17. The molecular formula is C20H34O. The van der Waals surface area contributed by atoms with Crippen LogP contribution >= 0.6 is 0 Å². The fourth-order valence-electron chi connectivity index (χ4n) is 5.90. The van der Waals surface area contributed by atoms with Gasteiger partial charge in [0.15, 0.2) is 0 Å². The van der Waals surface area contributed by atoms with Crippen molar-refractivity contribution in [2.24, 2.45) is 35.0 Å². The van der Waals surface area contributed by atoms with Crippen molar-refractivity contribution >= 4 is 0 Å². The summed E-state index contributed by atoms with van der Waals surface area (Å²) in [6, 6.07) is 0. The van der Waals surface area contributed by atoms with E-state index >= 15 is 0 Å². The molecule has 0 spiro atoms. The fourth-order valence-corrected chi connectivity index (χ4v) is 5.90. The number of rotatable bonds is 1. The van der Waals surface area contributed by atoms with E-state index in [-0.39, 0.29) is 0 Å². The van der Waals surface area contributed by atoms with E-state index < -0.39 is 5.60 Å². The van der Waals surface area contributed by atoms with Crippen molar-refractivity contribution in [2.75, 3.05) is 0 Å². The van der Waals surface area contributed by atoms with Crippen LogP contribution in [0.3, 0.4) is 0 Å². The molecule has 0 unspecified atom stereocenters. The second-order valence-corrected chi connectivity index (χ2v) is 9.20. The van der Waals surface area contributed by atoms with Gasteiger partial charge in [0.2, 0.25) is 0 Å². The minimum Gasteiger partial charge on any atom is -0.390 e. The highest BCUT2D eigenvalue weighted by atomic mass is 16.3. The van der Waals surface area contributed by atoms with E-state index in [1.807, 2.05) is 0 Å². The highest BCUT2D eigenvalue weighted by Gasteiger charge is 2.51. The first-order chi connectivity index (χ1) is 9.74. The molecule has 1 nitrogen and oxygen atoms in total. The Labute approximate surface area is 131 Å². The maximum absolute atomic E-state index is 11.1. The summed E-state index contributed by atoms with van der Waals surface area (Å²) in [5.41, 5.74) is 1.61. The third kappa shape index (κ3) is 2.50. The zero-order chi connectivity index (χ0) is 15.4. The van der Waals surface area contributed by atoms with Crippen LogP contribution in [0.4, 0.5) is 0 Å². The topological polar surface area (TPSA) is 20.2 Å². The van der Waals surface area contributed by atoms with Crippen molar-refractivity contribution in [2.45, 2.75) is 78.7 Å². The lowest BCUT2D eigenvalue weighted by Gasteiger charge is -2.43. The Morgan fingerprint density at radius 2 is 1.90 bits per heavy atom. The normalized spacial score (nSPS) is 50.3. The molecule has 0 aromatic carbocycles. The van der Waals surface area contributed by atoms with Gasteiger partial charge in [-0.05, 0) is 74.0 Å². The molecule has 0 aromatic rings. The van der Waals surface area contributed by atoms with E-state index in [9.17, 15) is 5.11 Å². The Bertz CT molecular complexity index is 433. The van der Waals surface area contributed by atoms with Crippen LogP contribution in [0, 0.1) is 35.0 Å². The maximum Gasteiger partial charge on any atom is 0.0684 e. The largest absolute Gasteiger partial charge is 0.390 e. The highest BCUT2D eigenvalue weighted by molar-refractivity contribution is 5.25. The van der Waals surface area contributed by atoms with E-state index in [2.05, 4.69) is 40.7 Å². The maximum atomic E-state index is 11.1. The average molecular weight is 290 g/mol. The zero-order valence-corrected chi connectivity index (χ0v) is 14.7. The molecular weight excluding hydrogens is 256 g/mol. The van der Waals surface area contributed by atoms with Crippen LogP contribution in [0.5, 0.6) is 0 Å². The molecule has 3 aliphatic rings. The fraction of sp³-hybridized carbons (Fsp3) is 0.900. The Balaban J connectivity index is 1.98. The van der Waals surface area contributed by atoms with Crippen molar-refractivity contribution in [3.8, 4) is 0 Å². The lowest BCUT2D eigenvalue weighted by Crippen LogP contribution is -2.41. The summed E-state index contributed by atoms with van der Waals surface area (Å²) in [4.78, 5) is 0. The van der Waals surface area contributed by atoms with Crippen molar-refractivity contribution in [1.29, 1.82) is 0 Å². The molecule has 0 bridgehead atoms. The van der Waals surface area contributed by atoms with Gasteiger partial charge in [-0.2, -0.15) is 0 Å². The monoisotopic (exact) mass is 290 g/mol. The van der Waals surface area contributed by atoms with Gasteiger partial charge in [0.05, 0.1) is 5.60 Å². The average Bonchev–Trinajstić information content (AvgIpc) is 2.89. The summed E-state index contributed by atoms with van der Waals surface area (Å²) in [7, 11) is 0. The standard InChI is InChI=1S/C20H34O/c1-13(2)15-8-10-19(4)12-16-14(3)6-7-18(16)20(5,21)11-9-17(15)19/h9,13-16,18,21H,6-8,10-12H2,1-5H3/t14-,15-,16-,18-,19-,20+/m1/s1. The van der Waals surface area contributed by atoms with E-state index in [4.69, 9.17) is 0 Å². The van der Waals surface area contributed by atoms with Gasteiger partial charge in [0.25, 0.3) is 0 Å².